The lowest BCUT2D eigenvalue weighted by atomic mass is 10.1. The van der Waals surface area contributed by atoms with Crippen LogP contribution in [0.2, 0.25) is 5.02 Å². The Hall–Kier alpha value is -3.44. The lowest BCUT2D eigenvalue weighted by Crippen LogP contribution is -2.29. The summed E-state index contributed by atoms with van der Waals surface area (Å²) in [6.45, 7) is 0. The van der Waals surface area contributed by atoms with Crippen molar-refractivity contribution in [2.75, 3.05) is 4.90 Å². The van der Waals surface area contributed by atoms with Gasteiger partial charge in [-0.1, -0.05) is 41.9 Å². The normalized spacial score (nSPS) is 12.9. The van der Waals surface area contributed by atoms with Gasteiger partial charge in [0.1, 0.15) is 5.75 Å². The van der Waals surface area contributed by atoms with Crippen LogP contribution in [-0.2, 0) is 0 Å². The summed E-state index contributed by atoms with van der Waals surface area (Å²) in [5.74, 6) is -1.34. The van der Waals surface area contributed by atoms with Crippen LogP contribution < -0.4 is 9.64 Å². The second-order valence-electron chi connectivity index (χ2n) is 5.86. The van der Waals surface area contributed by atoms with Gasteiger partial charge in [-0.05, 0) is 42.5 Å². The fourth-order valence-corrected chi connectivity index (χ4v) is 3.04. The SMILES string of the molecule is O=C(Oc1ccccc1Cl)c1ccc2c(c1)C(=O)N(c1ccccc1)C2=O. The Morgan fingerprint density at radius 1 is 0.815 bits per heavy atom. The molecule has 5 nitrogen and oxygen atoms in total. The number of hydrogen-bond acceptors (Lipinski definition) is 4. The number of carbonyl (C=O) groups is 3. The molecule has 0 fully saturated rings. The molecule has 27 heavy (non-hydrogen) atoms. The Kier molecular flexibility index (Phi) is 4.22. The molecule has 0 aliphatic carbocycles. The molecule has 6 heteroatoms. The lowest BCUT2D eigenvalue weighted by molar-refractivity contribution is 0.0734. The molecule has 0 radical (unpaired) electrons. The van der Waals surface area contributed by atoms with Gasteiger partial charge in [0.15, 0.2) is 0 Å². The first-order chi connectivity index (χ1) is 13.1. The molecule has 1 heterocycles. The minimum Gasteiger partial charge on any atom is -0.421 e. The number of esters is 1. The van der Waals surface area contributed by atoms with E-state index < -0.39 is 17.8 Å². The fraction of sp³-hybridized carbons (Fsp3) is 0. The lowest BCUT2D eigenvalue weighted by Gasteiger charge is -2.13. The molecule has 0 saturated carbocycles. The number of imide groups is 1. The van der Waals surface area contributed by atoms with Crippen LogP contribution in [0.5, 0.6) is 5.75 Å². The van der Waals surface area contributed by atoms with E-state index >= 15 is 0 Å². The highest BCUT2D eigenvalue weighted by atomic mass is 35.5. The van der Waals surface area contributed by atoms with Gasteiger partial charge in [-0.25, -0.2) is 9.69 Å². The topological polar surface area (TPSA) is 63.7 Å². The van der Waals surface area contributed by atoms with E-state index in [1.807, 2.05) is 0 Å². The third kappa shape index (κ3) is 2.98. The number of halogens is 1. The van der Waals surface area contributed by atoms with E-state index in [-0.39, 0.29) is 22.4 Å². The van der Waals surface area contributed by atoms with Crippen LogP contribution in [-0.4, -0.2) is 17.8 Å². The number of benzene rings is 3. The first-order valence-corrected chi connectivity index (χ1v) is 8.48. The Labute approximate surface area is 159 Å². The maximum Gasteiger partial charge on any atom is 0.343 e. The van der Waals surface area contributed by atoms with E-state index in [1.54, 1.807) is 54.6 Å². The van der Waals surface area contributed by atoms with Crippen LogP contribution in [0.4, 0.5) is 5.69 Å². The van der Waals surface area contributed by atoms with Crippen LogP contribution in [0.25, 0.3) is 0 Å². The number of rotatable bonds is 3. The highest BCUT2D eigenvalue weighted by Gasteiger charge is 2.37. The van der Waals surface area contributed by atoms with Crippen LogP contribution in [0, 0.1) is 0 Å². The minimum atomic E-state index is -0.663. The summed E-state index contributed by atoms with van der Waals surface area (Å²) in [5, 5.41) is 0.300. The molecule has 3 aromatic rings. The van der Waals surface area contributed by atoms with Crippen molar-refractivity contribution in [3.05, 3.63) is 94.5 Å². The molecule has 1 aliphatic heterocycles. The summed E-state index contributed by atoms with van der Waals surface area (Å²) >= 11 is 6.00. The van der Waals surface area contributed by atoms with E-state index in [4.69, 9.17) is 16.3 Å². The van der Waals surface area contributed by atoms with Crippen LogP contribution in [0.1, 0.15) is 31.1 Å². The summed E-state index contributed by atoms with van der Waals surface area (Å²) in [5.41, 5.74) is 1.05. The van der Waals surface area contributed by atoms with Gasteiger partial charge in [0.2, 0.25) is 0 Å². The molecule has 0 unspecified atom stereocenters. The van der Waals surface area contributed by atoms with Crippen molar-refractivity contribution in [3.63, 3.8) is 0 Å². The van der Waals surface area contributed by atoms with Gasteiger partial charge in [-0.15, -0.1) is 0 Å². The largest absolute Gasteiger partial charge is 0.421 e. The summed E-state index contributed by atoms with van der Waals surface area (Å²) in [6.07, 6.45) is 0. The van der Waals surface area contributed by atoms with Gasteiger partial charge < -0.3 is 4.74 Å². The molecule has 2 amide bonds. The molecule has 0 bridgehead atoms. The molecular formula is C21H12ClNO4. The Morgan fingerprint density at radius 3 is 2.22 bits per heavy atom. The zero-order valence-electron chi connectivity index (χ0n) is 13.9. The maximum absolute atomic E-state index is 12.7. The van der Waals surface area contributed by atoms with Gasteiger partial charge in [-0.2, -0.15) is 0 Å². The molecule has 4 rings (SSSR count). The average Bonchev–Trinajstić information content (AvgIpc) is 2.94. The standard InChI is InChI=1S/C21H12ClNO4/c22-17-8-4-5-9-18(17)27-21(26)13-10-11-15-16(12-13)20(25)23(19(15)24)14-6-2-1-3-7-14/h1-12H. The van der Waals surface area contributed by atoms with Crippen molar-refractivity contribution in [1.29, 1.82) is 0 Å². The fourth-order valence-electron chi connectivity index (χ4n) is 2.87. The number of anilines is 1. The first kappa shape index (κ1) is 17.0. The number of para-hydroxylation sites is 2. The molecule has 1 aliphatic rings. The monoisotopic (exact) mass is 377 g/mol. The van der Waals surface area contributed by atoms with Gasteiger partial charge in [0, 0.05) is 0 Å². The van der Waals surface area contributed by atoms with Crippen molar-refractivity contribution in [3.8, 4) is 5.75 Å². The molecular weight excluding hydrogens is 366 g/mol. The molecule has 0 saturated heterocycles. The van der Waals surface area contributed by atoms with Gasteiger partial charge in [0.25, 0.3) is 11.8 Å². The van der Waals surface area contributed by atoms with E-state index in [0.717, 1.165) is 4.90 Å². The Morgan fingerprint density at radius 2 is 1.48 bits per heavy atom. The number of amides is 2. The first-order valence-electron chi connectivity index (χ1n) is 8.11. The van der Waals surface area contributed by atoms with Crippen LogP contribution in [0.3, 0.4) is 0 Å². The van der Waals surface area contributed by atoms with E-state index in [9.17, 15) is 14.4 Å². The van der Waals surface area contributed by atoms with Crippen molar-refractivity contribution < 1.29 is 19.1 Å². The smallest absolute Gasteiger partial charge is 0.343 e. The molecule has 3 aromatic carbocycles. The van der Waals surface area contributed by atoms with Crippen molar-refractivity contribution in [2.24, 2.45) is 0 Å². The number of hydrogen-bond donors (Lipinski definition) is 0. The zero-order chi connectivity index (χ0) is 19.0. The highest BCUT2D eigenvalue weighted by Crippen LogP contribution is 2.30. The maximum atomic E-state index is 12.7. The number of nitrogens with zero attached hydrogens (tertiary/aromatic N) is 1. The Balaban J connectivity index is 1.65. The van der Waals surface area contributed by atoms with E-state index in [1.165, 1.54) is 18.2 Å². The molecule has 0 atom stereocenters. The molecule has 132 valence electrons. The van der Waals surface area contributed by atoms with E-state index in [0.29, 0.717) is 10.7 Å². The van der Waals surface area contributed by atoms with Crippen molar-refractivity contribution >= 4 is 35.1 Å². The number of carbonyl (C=O) groups excluding carboxylic acids is 3. The Bertz CT molecular complexity index is 1080. The molecule has 0 spiro atoms. The third-order valence-electron chi connectivity index (χ3n) is 4.18. The number of ether oxygens (including phenoxy) is 1. The third-order valence-corrected chi connectivity index (χ3v) is 4.49. The molecule has 0 N–H and O–H groups in total. The van der Waals surface area contributed by atoms with Gasteiger partial charge >= 0.3 is 5.97 Å². The minimum absolute atomic E-state index is 0.157. The second-order valence-corrected chi connectivity index (χ2v) is 6.27. The predicted octanol–water partition coefficient (Wildman–Crippen LogP) is 4.36. The van der Waals surface area contributed by atoms with Crippen LogP contribution >= 0.6 is 11.6 Å². The van der Waals surface area contributed by atoms with E-state index in [2.05, 4.69) is 0 Å². The predicted molar refractivity (Wildman–Crippen MR) is 100 cm³/mol. The average molecular weight is 378 g/mol. The quantitative estimate of drug-likeness (QED) is 0.386. The molecule has 0 aromatic heterocycles. The highest BCUT2D eigenvalue weighted by molar-refractivity contribution is 6.34. The van der Waals surface area contributed by atoms with Crippen LogP contribution in [0.15, 0.2) is 72.8 Å². The van der Waals surface area contributed by atoms with Crippen molar-refractivity contribution in [2.45, 2.75) is 0 Å². The summed E-state index contributed by atoms with van der Waals surface area (Å²) in [6, 6.07) is 19.5. The summed E-state index contributed by atoms with van der Waals surface area (Å²) in [4.78, 5) is 38.8. The summed E-state index contributed by atoms with van der Waals surface area (Å²) < 4.78 is 5.28. The summed E-state index contributed by atoms with van der Waals surface area (Å²) in [7, 11) is 0. The van der Waals surface area contributed by atoms with Gasteiger partial charge in [0.05, 0.1) is 27.4 Å². The van der Waals surface area contributed by atoms with Crippen molar-refractivity contribution in [1.82, 2.24) is 0 Å². The number of fused-ring (bicyclic) bond motifs is 1. The second kappa shape index (κ2) is 6.70. The van der Waals surface area contributed by atoms with Gasteiger partial charge in [-0.3, -0.25) is 9.59 Å². The zero-order valence-corrected chi connectivity index (χ0v) is 14.6.